The van der Waals surface area contributed by atoms with E-state index in [2.05, 4.69) is 16.7 Å². The fourth-order valence-electron chi connectivity index (χ4n) is 4.40. The number of amides is 2. The minimum Gasteiger partial charge on any atom is -0.376 e. The second kappa shape index (κ2) is 10.1. The molecule has 0 bridgehead atoms. The highest BCUT2D eigenvalue weighted by Crippen LogP contribution is 2.29. The molecule has 2 amide bonds. The quantitative estimate of drug-likeness (QED) is 0.684. The lowest BCUT2D eigenvalue weighted by atomic mass is 9.81. The highest BCUT2D eigenvalue weighted by molar-refractivity contribution is 5.81. The lowest BCUT2D eigenvalue weighted by Crippen LogP contribution is -2.39. The van der Waals surface area contributed by atoms with E-state index >= 15 is 0 Å². The van der Waals surface area contributed by atoms with Crippen LogP contribution < -0.4 is 10.6 Å². The van der Waals surface area contributed by atoms with Crippen molar-refractivity contribution >= 4 is 11.8 Å². The molecule has 0 spiro atoms. The van der Waals surface area contributed by atoms with E-state index in [0.717, 1.165) is 58.1 Å². The van der Waals surface area contributed by atoms with Gasteiger partial charge in [0.2, 0.25) is 11.8 Å². The maximum atomic E-state index is 12.4. The molecular formula is C21H34N2O3. The number of rotatable bonds is 7. The fraction of sp³-hybridized carbons (Fsp3) is 0.810. The fourth-order valence-corrected chi connectivity index (χ4v) is 4.40. The summed E-state index contributed by atoms with van der Waals surface area (Å²) in [5.41, 5.74) is 1.50. The van der Waals surface area contributed by atoms with E-state index in [1.54, 1.807) is 0 Å². The summed E-state index contributed by atoms with van der Waals surface area (Å²) in [5.74, 6) is 0.466. The number of hydrogen-bond donors (Lipinski definition) is 2. The molecule has 3 rings (SSSR count). The van der Waals surface area contributed by atoms with Crippen molar-refractivity contribution in [2.75, 3.05) is 19.7 Å². The molecule has 2 aliphatic carbocycles. The Bertz CT molecular complexity index is 503. The molecule has 1 aliphatic heterocycles. The summed E-state index contributed by atoms with van der Waals surface area (Å²) in [7, 11) is 0. The maximum Gasteiger partial charge on any atom is 0.223 e. The molecule has 26 heavy (non-hydrogen) atoms. The topological polar surface area (TPSA) is 67.4 Å². The third-order valence-corrected chi connectivity index (χ3v) is 6.13. The van der Waals surface area contributed by atoms with Crippen LogP contribution in [0.4, 0.5) is 0 Å². The van der Waals surface area contributed by atoms with Crippen molar-refractivity contribution in [3.05, 3.63) is 11.6 Å². The first-order valence-corrected chi connectivity index (χ1v) is 10.6. The zero-order chi connectivity index (χ0) is 18.2. The van der Waals surface area contributed by atoms with Crippen LogP contribution in [0.25, 0.3) is 0 Å². The summed E-state index contributed by atoms with van der Waals surface area (Å²) in [4.78, 5) is 24.7. The van der Waals surface area contributed by atoms with Gasteiger partial charge < -0.3 is 15.4 Å². The molecule has 1 unspecified atom stereocenters. The number of carbonyl (C=O) groups excluding carboxylic acids is 2. The van der Waals surface area contributed by atoms with Crippen LogP contribution in [0.5, 0.6) is 0 Å². The molecule has 1 saturated heterocycles. The van der Waals surface area contributed by atoms with Gasteiger partial charge in [0, 0.05) is 31.5 Å². The number of carbonyl (C=O) groups is 2. The van der Waals surface area contributed by atoms with Crippen molar-refractivity contribution in [3.63, 3.8) is 0 Å². The van der Waals surface area contributed by atoms with Crippen molar-refractivity contribution in [3.8, 4) is 0 Å². The molecule has 5 heteroatoms. The molecule has 1 saturated carbocycles. The smallest absolute Gasteiger partial charge is 0.223 e. The van der Waals surface area contributed by atoms with E-state index < -0.39 is 0 Å². The van der Waals surface area contributed by atoms with Gasteiger partial charge in [-0.1, -0.05) is 11.6 Å². The monoisotopic (exact) mass is 362 g/mol. The third kappa shape index (κ3) is 5.83. The van der Waals surface area contributed by atoms with Gasteiger partial charge in [-0.2, -0.15) is 0 Å². The van der Waals surface area contributed by atoms with Crippen molar-refractivity contribution in [1.82, 2.24) is 10.6 Å². The molecule has 0 aromatic carbocycles. The van der Waals surface area contributed by atoms with Crippen LogP contribution in [0.1, 0.15) is 70.6 Å². The van der Waals surface area contributed by atoms with E-state index in [0.29, 0.717) is 6.54 Å². The Hall–Kier alpha value is -1.36. The van der Waals surface area contributed by atoms with E-state index in [9.17, 15) is 9.59 Å². The first-order valence-electron chi connectivity index (χ1n) is 10.6. The van der Waals surface area contributed by atoms with Gasteiger partial charge in [0.15, 0.2) is 0 Å². The Morgan fingerprint density at radius 3 is 2.31 bits per heavy atom. The van der Waals surface area contributed by atoms with Gasteiger partial charge in [-0.25, -0.2) is 0 Å². The van der Waals surface area contributed by atoms with Gasteiger partial charge in [0.1, 0.15) is 0 Å². The van der Waals surface area contributed by atoms with Crippen LogP contribution in [0.3, 0.4) is 0 Å². The Morgan fingerprint density at radius 2 is 1.69 bits per heavy atom. The Kier molecular flexibility index (Phi) is 7.54. The van der Waals surface area contributed by atoms with Gasteiger partial charge in [0.25, 0.3) is 0 Å². The summed E-state index contributed by atoms with van der Waals surface area (Å²) < 4.78 is 5.55. The standard InChI is InChI=1S/C21H34N2O3/c24-20(22-13-12-16-5-2-1-3-6-16)17-8-10-18(11-9-17)21(25)23-15-19-7-4-14-26-19/h5,17-19H,1-4,6-15H2,(H,22,24)(H,23,25). The molecule has 2 fully saturated rings. The summed E-state index contributed by atoms with van der Waals surface area (Å²) in [6.45, 7) is 2.21. The number of ether oxygens (including phenoxy) is 1. The predicted octanol–water partition coefficient (Wildman–Crippen LogP) is 3.09. The summed E-state index contributed by atoms with van der Waals surface area (Å²) in [5, 5.41) is 6.15. The van der Waals surface area contributed by atoms with Crippen molar-refractivity contribution in [2.24, 2.45) is 11.8 Å². The molecule has 2 N–H and O–H groups in total. The van der Waals surface area contributed by atoms with Crippen LogP contribution in [0.2, 0.25) is 0 Å². The average Bonchev–Trinajstić information content (AvgIpc) is 3.20. The van der Waals surface area contributed by atoms with Gasteiger partial charge in [-0.15, -0.1) is 0 Å². The van der Waals surface area contributed by atoms with Crippen molar-refractivity contribution < 1.29 is 14.3 Å². The summed E-state index contributed by atoms with van der Waals surface area (Å²) in [6.07, 6.45) is 14.0. The summed E-state index contributed by atoms with van der Waals surface area (Å²) in [6, 6.07) is 0. The Balaban J connectivity index is 1.30. The first-order chi connectivity index (χ1) is 12.7. The van der Waals surface area contributed by atoms with E-state index in [4.69, 9.17) is 4.74 Å². The molecule has 0 aromatic heterocycles. The Labute approximate surface area is 157 Å². The average molecular weight is 363 g/mol. The normalized spacial score (nSPS) is 29.1. The van der Waals surface area contributed by atoms with Crippen LogP contribution >= 0.6 is 0 Å². The highest BCUT2D eigenvalue weighted by Gasteiger charge is 2.30. The van der Waals surface area contributed by atoms with Crippen molar-refractivity contribution in [1.29, 1.82) is 0 Å². The van der Waals surface area contributed by atoms with Crippen LogP contribution in [-0.2, 0) is 14.3 Å². The second-order valence-corrected chi connectivity index (χ2v) is 8.08. The first kappa shape index (κ1) is 19.4. The lowest BCUT2D eigenvalue weighted by Gasteiger charge is -2.27. The zero-order valence-corrected chi connectivity index (χ0v) is 15.9. The van der Waals surface area contributed by atoms with Crippen LogP contribution in [0, 0.1) is 11.8 Å². The van der Waals surface area contributed by atoms with E-state index in [1.165, 1.54) is 31.3 Å². The maximum absolute atomic E-state index is 12.4. The number of allylic oxidation sites excluding steroid dienone is 1. The zero-order valence-electron chi connectivity index (χ0n) is 15.9. The van der Waals surface area contributed by atoms with Crippen LogP contribution in [0.15, 0.2) is 11.6 Å². The SMILES string of the molecule is O=C(NCCC1=CCCCC1)C1CCC(C(=O)NCC2CCCO2)CC1. The van der Waals surface area contributed by atoms with E-state index in [1.807, 2.05) is 0 Å². The lowest BCUT2D eigenvalue weighted by molar-refractivity contribution is -0.130. The van der Waals surface area contributed by atoms with Gasteiger partial charge in [0.05, 0.1) is 6.10 Å². The van der Waals surface area contributed by atoms with Crippen LogP contribution in [-0.4, -0.2) is 37.6 Å². The second-order valence-electron chi connectivity index (χ2n) is 8.08. The molecular weight excluding hydrogens is 328 g/mol. The molecule has 146 valence electrons. The predicted molar refractivity (Wildman–Crippen MR) is 102 cm³/mol. The third-order valence-electron chi connectivity index (χ3n) is 6.13. The van der Waals surface area contributed by atoms with E-state index in [-0.39, 0.29) is 29.8 Å². The molecule has 3 aliphatic rings. The molecule has 5 nitrogen and oxygen atoms in total. The minimum absolute atomic E-state index is 0.0628. The summed E-state index contributed by atoms with van der Waals surface area (Å²) >= 11 is 0. The Morgan fingerprint density at radius 1 is 0.962 bits per heavy atom. The van der Waals surface area contributed by atoms with Crippen molar-refractivity contribution in [2.45, 2.75) is 76.7 Å². The minimum atomic E-state index is 0.0628. The molecule has 1 heterocycles. The number of hydrogen-bond acceptors (Lipinski definition) is 3. The molecule has 1 atom stereocenters. The largest absolute Gasteiger partial charge is 0.376 e. The van der Waals surface area contributed by atoms with Gasteiger partial charge in [-0.05, 0) is 70.6 Å². The number of nitrogens with one attached hydrogen (secondary N) is 2. The van der Waals surface area contributed by atoms with Gasteiger partial charge in [-0.3, -0.25) is 9.59 Å². The highest BCUT2D eigenvalue weighted by atomic mass is 16.5. The van der Waals surface area contributed by atoms with Gasteiger partial charge >= 0.3 is 0 Å². The molecule has 0 radical (unpaired) electrons. The molecule has 0 aromatic rings.